The van der Waals surface area contributed by atoms with E-state index in [0.717, 1.165) is 42.7 Å². The zero-order valence-electron chi connectivity index (χ0n) is 18.4. The molecular weight excluding hydrogens is 392 g/mol. The van der Waals surface area contributed by atoms with Crippen molar-refractivity contribution >= 4 is 11.5 Å². The van der Waals surface area contributed by atoms with E-state index in [1.807, 2.05) is 30.3 Å². The van der Waals surface area contributed by atoms with Gasteiger partial charge in [0, 0.05) is 32.2 Å². The topological polar surface area (TPSA) is 114 Å². The van der Waals surface area contributed by atoms with E-state index in [4.69, 9.17) is 4.98 Å². The second-order valence-corrected chi connectivity index (χ2v) is 8.62. The third-order valence-corrected chi connectivity index (χ3v) is 5.46. The van der Waals surface area contributed by atoms with Gasteiger partial charge in [-0.2, -0.15) is 10.2 Å². The van der Waals surface area contributed by atoms with Crippen LogP contribution in [0.2, 0.25) is 0 Å². The predicted octanol–water partition coefficient (Wildman–Crippen LogP) is 3.58. The van der Waals surface area contributed by atoms with E-state index in [1.165, 1.54) is 0 Å². The fourth-order valence-electron chi connectivity index (χ4n) is 3.72. The molecule has 0 spiro atoms. The Morgan fingerprint density at radius 3 is 2.84 bits per heavy atom. The molecule has 8 heteroatoms. The molecule has 31 heavy (non-hydrogen) atoms. The highest BCUT2D eigenvalue weighted by atomic mass is 16.3. The first-order valence-corrected chi connectivity index (χ1v) is 10.6. The number of rotatable bonds is 8. The van der Waals surface area contributed by atoms with Crippen molar-refractivity contribution < 1.29 is 5.11 Å². The second kappa shape index (κ2) is 9.86. The van der Waals surface area contributed by atoms with Crippen LogP contribution in [0.1, 0.15) is 37.8 Å². The average Bonchev–Trinajstić information content (AvgIpc) is 2.77. The lowest BCUT2D eigenvalue weighted by molar-refractivity contribution is 0.0668. The fourth-order valence-corrected chi connectivity index (χ4v) is 3.72. The third-order valence-electron chi connectivity index (χ3n) is 5.46. The zero-order chi connectivity index (χ0) is 22.4. The van der Waals surface area contributed by atoms with E-state index in [-0.39, 0.29) is 6.10 Å². The van der Waals surface area contributed by atoms with Crippen LogP contribution in [-0.4, -0.2) is 53.3 Å². The number of nitrogens with one attached hydrogen (secondary N) is 2. The van der Waals surface area contributed by atoms with Crippen molar-refractivity contribution in [3.05, 3.63) is 46.4 Å². The highest BCUT2D eigenvalue weighted by Crippen LogP contribution is 2.29. The molecule has 0 amide bonds. The Morgan fingerprint density at radius 1 is 1.35 bits per heavy atom. The Bertz CT molecular complexity index is 969. The first kappa shape index (κ1) is 22.7. The maximum absolute atomic E-state index is 10.9. The molecule has 1 atom stereocenters. The molecule has 1 aromatic heterocycles. The molecule has 0 saturated carbocycles. The van der Waals surface area contributed by atoms with Gasteiger partial charge in [0.25, 0.3) is 0 Å². The number of anilines is 2. The summed E-state index contributed by atoms with van der Waals surface area (Å²) in [6, 6.07) is 11.8. The maximum atomic E-state index is 10.9. The van der Waals surface area contributed by atoms with Crippen molar-refractivity contribution in [1.29, 1.82) is 5.26 Å². The molecule has 1 aromatic carbocycles. The highest BCUT2D eigenvalue weighted by Gasteiger charge is 2.20. The predicted molar refractivity (Wildman–Crippen MR) is 123 cm³/mol. The SMILES string of the molecule is CNc1nc(-c2cc(CN3CCCC(O)C3)ccc2C#N)ccc1NCC(C)(C)N=O. The van der Waals surface area contributed by atoms with Crippen molar-refractivity contribution in [2.75, 3.05) is 37.3 Å². The van der Waals surface area contributed by atoms with Crippen LogP contribution in [0.4, 0.5) is 11.5 Å². The zero-order valence-corrected chi connectivity index (χ0v) is 18.4. The molecule has 8 nitrogen and oxygen atoms in total. The lowest BCUT2D eigenvalue weighted by Gasteiger charge is -2.30. The second-order valence-electron chi connectivity index (χ2n) is 8.62. The van der Waals surface area contributed by atoms with Gasteiger partial charge in [0.15, 0.2) is 0 Å². The summed E-state index contributed by atoms with van der Waals surface area (Å²) < 4.78 is 0. The molecule has 164 valence electrons. The number of nitriles is 1. The number of pyridine rings is 1. The molecule has 1 fully saturated rings. The highest BCUT2D eigenvalue weighted by molar-refractivity contribution is 5.74. The molecule has 3 rings (SSSR count). The Labute approximate surface area is 183 Å². The van der Waals surface area contributed by atoms with Crippen LogP contribution >= 0.6 is 0 Å². The van der Waals surface area contributed by atoms with Gasteiger partial charge >= 0.3 is 0 Å². The molecular formula is C23H30N6O2. The van der Waals surface area contributed by atoms with Gasteiger partial charge in [0.2, 0.25) is 0 Å². The monoisotopic (exact) mass is 422 g/mol. The molecule has 0 bridgehead atoms. The van der Waals surface area contributed by atoms with Crippen molar-refractivity contribution in [2.45, 2.75) is 44.9 Å². The summed E-state index contributed by atoms with van der Waals surface area (Å²) in [5, 5.41) is 29.0. The first-order valence-electron chi connectivity index (χ1n) is 10.6. The quantitative estimate of drug-likeness (QED) is 0.557. The Hall–Kier alpha value is -3.02. The number of piperidine rings is 1. The Morgan fingerprint density at radius 2 is 2.16 bits per heavy atom. The van der Waals surface area contributed by atoms with Crippen LogP contribution < -0.4 is 10.6 Å². The molecule has 0 radical (unpaired) electrons. The van der Waals surface area contributed by atoms with Crippen LogP contribution in [0.3, 0.4) is 0 Å². The lowest BCUT2D eigenvalue weighted by atomic mass is 10.00. The summed E-state index contributed by atoms with van der Waals surface area (Å²) in [6.45, 7) is 6.26. The normalized spacial score (nSPS) is 17.1. The van der Waals surface area contributed by atoms with Gasteiger partial charge in [-0.05, 0) is 63.1 Å². The number of hydrogen-bond acceptors (Lipinski definition) is 8. The standard InChI is InChI=1S/C23H30N6O2/c1-23(2,28-31)15-26-21-9-8-20(27-22(21)25-3)19-11-16(6-7-17(19)12-24)13-29-10-4-5-18(30)14-29/h6-9,11,18,26,30H,4-5,10,13-15H2,1-3H3,(H,25,27). The van der Waals surface area contributed by atoms with Crippen LogP contribution in [0.5, 0.6) is 0 Å². The minimum atomic E-state index is -0.728. The van der Waals surface area contributed by atoms with Gasteiger partial charge in [-0.25, -0.2) is 4.98 Å². The molecule has 1 aliphatic rings. The lowest BCUT2D eigenvalue weighted by Crippen LogP contribution is -2.37. The average molecular weight is 423 g/mol. The summed E-state index contributed by atoms with van der Waals surface area (Å²) in [5.41, 5.74) is 3.14. The van der Waals surface area contributed by atoms with Crippen molar-refractivity contribution in [2.24, 2.45) is 5.18 Å². The Kier molecular flexibility index (Phi) is 7.21. The summed E-state index contributed by atoms with van der Waals surface area (Å²) in [6.07, 6.45) is 1.57. The minimum absolute atomic E-state index is 0.272. The molecule has 2 aromatic rings. The van der Waals surface area contributed by atoms with E-state index in [9.17, 15) is 15.3 Å². The number of aliphatic hydroxyl groups excluding tert-OH is 1. The molecule has 1 saturated heterocycles. The summed E-state index contributed by atoms with van der Waals surface area (Å²) in [7, 11) is 1.78. The summed E-state index contributed by atoms with van der Waals surface area (Å²) in [5.74, 6) is 0.632. The van der Waals surface area contributed by atoms with Gasteiger partial charge in [-0.15, -0.1) is 0 Å². The van der Waals surface area contributed by atoms with Gasteiger partial charge < -0.3 is 15.7 Å². The number of aliphatic hydroxyl groups is 1. The van der Waals surface area contributed by atoms with E-state index >= 15 is 0 Å². The number of benzene rings is 1. The molecule has 2 heterocycles. The number of β-amino-alcohol motifs (C(OH)–C–C–N with tert-alkyl or cyclic N) is 1. The van der Waals surface area contributed by atoms with Crippen molar-refractivity contribution in [3.8, 4) is 17.3 Å². The number of nitroso groups, excluding NO2 is 1. The Balaban J connectivity index is 1.86. The van der Waals surface area contributed by atoms with Crippen molar-refractivity contribution in [1.82, 2.24) is 9.88 Å². The maximum Gasteiger partial charge on any atom is 0.149 e. The van der Waals surface area contributed by atoms with Crippen LogP contribution in [0.25, 0.3) is 11.3 Å². The van der Waals surface area contributed by atoms with Gasteiger partial charge in [0.1, 0.15) is 11.4 Å². The first-order chi connectivity index (χ1) is 14.8. The van der Waals surface area contributed by atoms with E-state index in [0.29, 0.717) is 30.2 Å². The van der Waals surface area contributed by atoms with Crippen LogP contribution in [0, 0.1) is 16.2 Å². The largest absolute Gasteiger partial charge is 0.392 e. The van der Waals surface area contributed by atoms with Gasteiger partial charge in [-0.1, -0.05) is 11.2 Å². The molecule has 0 aliphatic carbocycles. The minimum Gasteiger partial charge on any atom is -0.392 e. The number of likely N-dealkylation sites (tertiary alicyclic amines) is 1. The van der Waals surface area contributed by atoms with E-state index in [2.05, 4.69) is 26.8 Å². The number of aromatic nitrogens is 1. The number of nitrogens with zero attached hydrogens (tertiary/aromatic N) is 4. The van der Waals surface area contributed by atoms with Crippen LogP contribution in [0.15, 0.2) is 35.5 Å². The summed E-state index contributed by atoms with van der Waals surface area (Å²) >= 11 is 0. The van der Waals surface area contributed by atoms with Gasteiger partial charge in [0.05, 0.1) is 29.1 Å². The molecule has 3 N–H and O–H groups in total. The third kappa shape index (κ3) is 5.78. The van der Waals surface area contributed by atoms with E-state index in [1.54, 1.807) is 20.9 Å². The number of hydrogen-bond donors (Lipinski definition) is 3. The smallest absolute Gasteiger partial charge is 0.149 e. The van der Waals surface area contributed by atoms with E-state index < -0.39 is 5.54 Å². The fraction of sp³-hybridized carbons (Fsp3) is 0.478. The summed E-state index contributed by atoms with van der Waals surface area (Å²) in [4.78, 5) is 17.9. The molecule has 1 aliphatic heterocycles. The van der Waals surface area contributed by atoms with Crippen molar-refractivity contribution in [3.63, 3.8) is 0 Å². The molecule has 1 unspecified atom stereocenters. The van der Waals surface area contributed by atoms with Gasteiger partial charge in [-0.3, -0.25) is 4.90 Å². The van der Waals surface area contributed by atoms with Crippen LogP contribution in [-0.2, 0) is 6.54 Å².